The van der Waals surface area contributed by atoms with Crippen molar-refractivity contribution in [3.05, 3.63) is 10.1 Å². The zero-order chi connectivity index (χ0) is 18.0. The normalized spacial score (nSPS) is 22.2. The van der Waals surface area contributed by atoms with E-state index in [-0.39, 0.29) is 11.5 Å². The highest BCUT2D eigenvalue weighted by Crippen LogP contribution is 2.34. The fraction of sp³-hybridized carbons (Fsp3) is 0.750. The minimum Gasteiger partial charge on any atom is -0.378 e. The number of hydrogen-bond donors (Lipinski definition) is 1. The van der Waals surface area contributed by atoms with E-state index in [2.05, 4.69) is 33.6 Å². The maximum Gasteiger partial charge on any atom is 0.353 e. The van der Waals surface area contributed by atoms with Gasteiger partial charge in [0.15, 0.2) is 0 Å². The number of nitrogens with two attached hydrogens (primary N) is 1. The molecule has 1 unspecified atom stereocenters. The van der Waals surface area contributed by atoms with E-state index >= 15 is 0 Å². The summed E-state index contributed by atoms with van der Waals surface area (Å²) >= 11 is 0. The lowest BCUT2D eigenvalue weighted by Crippen LogP contribution is -2.47. The van der Waals surface area contributed by atoms with Crippen LogP contribution in [0.4, 0.5) is 23.3 Å². The number of aromatic nitrogens is 2. The summed E-state index contributed by atoms with van der Waals surface area (Å²) in [6.45, 7) is 10.2. The monoisotopic (exact) mass is 349 g/mol. The van der Waals surface area contributed by atoms with Crippen molar-refractivity contribution >= 4 is 23.3 Å². The molecule has 2 aliphatic rings. The van der Waals surface area contributed by atoms with Crippen LogP contribution in [-0.2, 0) is 0 Å². The molecule has 1 atom stereocenters. The van der Waals surface area contributed by atoms with E-state index in [1.54, 1.807) is 0 Å². The lowest BCUT2D eigenvalue weighted by molar-refractivity contribution is -0.383. The molecule has 2 N–H and O–H groups in total. The molecule has 25 heavy (non-hydrogen) atoms. The van der Waals surface area contributed by atoms with Crippen LogP contribution in [-0.4, -0.2) is 65.6 Å². The number of nitrogens with zero attached hydrogens (tertiary/aromatic N) is 6. The molecule has 1 aromatic rings. The summed E-state index contributed by atoms with van der Waals surface area (Å²) in [5.41, 5.74) is 5.80. The molecule has 0 aliphatic carbocycles. The van der Waals surface area contributed by atoms with E-state index in [1.165, 1.54) is 6.42 Å². The van der Waals surface area contributed by atoms with Crippen LogP contribution in [0, 0.1) is 16.0 Å². The van der Waals surface area contributed by atoms with Crippen molar-refractivity contribution in [1.29, 1.82) is 0 Å². The number of nitrogen functional groups attached to an aromatic ring is 1. The van der Waals surface area contributed by atoms with E-state index in [9.17, 15) is 10.1 Å². The molecular formula is C16H27N7O2. The van der Waals surface area contributed by atoms with Gasteiger partial charge in [-0.1, -0.05) is 13.8 Å². The number of hydrogen-bond acceptors (Lipinski definition) is 8. The van der Waals surface area contributed by atoms with E-state index in [1.807, 2.05) is 4.90 Å². The first-order chi connectivity index (χ1) is 12.0. The van der Waals surface area contributed by atoms with Gasteiger partial charge in [0.25, 0.3) is 0 Å². The van der Waals surface area contributed by atoms with Crippen molar-refractivity contribution < 1.29 is 4.92 Å². The molecule has 3 rings (SSSR count). The van der Waals surface area contributed by atoms with Crippen molar-refractivity contribution in [2.75, 3.05) is 61.3 Å². The van der Waals surface area contributed by atoms with Gasteiger partial charge in [0.1, 0.15) is 0 Å². The van der Waals surface area contributed by atoms with E-state index < -0.39 is 4.92 Å². The first-order valence-corrected chi connectivity index (χ1v) is 9.03. The lowest BCUT2D eigenvalue weighted by Gasteiger charge is -2.35. The molecule has 3 heterocycles. The Balaban J connectivity index is 1.92. The van der Waals surface area contributed by atoms with E-state index in [0.717, 1.165) is 39.1 Å². The highest BCUT2D eigenvalue weighted by atomic mass is 16.6. The number of piperidine rings is 1. The van der Waals surface area contributed by atoms with Gasteiger partial charge in [0, 0.05) is 39.3 Å². The number of anilines is 3. The van der Waals surface area contributed by atoms with Crippen molar-refractivity contribution in [3.63, 3.8) is 0 Å². The smallest absolute Gasteiger partial charge is 0.353 e. The number of nitro groups is 1. The van der Waals surface area contributed by atoms with Crippen LogP contribution in [0.15, 0.2) is 0 Å². The molecule has 2 aliphatic heterocycles. The second-order valence-electron chi connectivity index (χ2n) is 6.95. The van der Waals surface area contributed by atoms with E-state index in [0.29, 0.717) is 30.8 Å². The summed E-state index contributed by atoms with van der Waals surface area (Å²) in [6.07, 6.45) is 2.26. The molecule has 0 amide bonds. The SMILES string of the molecule is CCN1CCN(c2nc(N3CCCC(C)C3)nc(N)c2[N+](=O)[O-])CC1. The maximum atomic E-state index is 11.5. The Bertz CT molecular complexity index is 631. The third-order valence-electron chi connectivity index (χ3n) is 5.12. The van der Waals surface area contributed by atoms with Gasteiger partial charge in [-0.25, -0.2) is 0 Å². The quantitative estimate of drug-likeness (QED) is 0.641. The van der Waals surface area contributed by atoms with Crippen LogP contribution >= 0.6 is 0 Å². The van der Waals surface area contributed by atoms with Crippen LogP contribution in [0.5, 0.6) is 0 Å². The maximum absolute atomic E-state index is 11.5. The molecule has 0 spiro atoms. The molecule has 2 saturated heterocycles. The third-order valence-corrected chi connectivity index (χ3v) is 5.12. The van der Waals surface area contributed by atoms with Gasteiger partial charge in [-0.2, -0.15) is 9.97 Å². The molecule has 2 fully saturated rings. The Morgan fingerprint density at radius 1 is 1.20 bits per heavy atom. The number of likely N-dealkylation sites (N-methyl/N-ethyl adjacent to an activating group) is 1. The van der Waals surface area contributed by atoms with Crippen LogP contribution < -0.4 is 15.5 Å². The predicted octanol–water partition coefficient (Wildman–Crippen LogP) is 1.35. The highest BCUT2D eigenvalue weighted by molar-refractivity contribution is 5.71. The molecule has 9 heteroatoms. The molecule has 0 bridgehead atoms. The summed E-state index contributed by atoms with van der Waals surface area (Å²) in [5, 5.41) is 11.5. The molecule has 0 radical (unpaired) electrons. The Hall–Kier alpha value is -2.16. The Morgan fingerprint density at radius 3 is 2.52 bits per heavy atom. The molecule has 0 aromatic carbocycles. The largest absolute Gasteiger partial charge is 0.378 e. The van der Waals surface area contributed by atoms with Crippen molar-refractivity contribution in [1.82, 2.24) is 14.9 Å². The molecular weight excluding hydrogens is 322 g/mol. The summed E-state index contributed by atoms with van der Waals surface area (Å²) in [4.78, 5) is 26.3. The van der Waals surface area contributed by atoms with Gasteiger partial charge < -0.3 is 20.4 Å². The van der Waals surface area contributed by atoms with Gasteiger partial charge >= 0.3 is 5.69 Å². The third kappa shape index (κ3) is 3.76. The first kappa shape index (κ1) is 17.7. The van der Waals surface area contributed by atoms with Crippen LogP contribution in [0.25, 0.3) is 0 Å². The zero-order valence-electron chi connectivity index (χ0n) is 15.0. The lowest BCUT2D eigenvalue weighted by atomic mass is 10.0. The van der Waals surface area contributed by atoms with Crippen LogP contribution in [0.2, 0.25) is 0 Å². The zero-order valence-corrected chi connectivity index (χ0v) is 15.0. The fourth-order valence-corrected chi connectivity index (χ4v) is 3.63. The number of piperazine rings is 1. The second-order valence-corrected chi connectivity index (χ2v) is 6.95. The highest BCUT2D eigenvalue weighted by Gasteiger charge is 2.31. The van der Waals surface area contributed by atoms with Gasteiger partial charge in [-0.15, -0.1) is 0 Å². The number of rotatable bonds is 4. The van der Waals surface area contributed by atoms with Gasteiger partial charge in [-0.05, 0) is 25.3 Å². The van der Waals surface area contributed by atoms with Crippen molar-refractivity contribution in [2.45, 2.75) is 26.7 Å². The molecule has 0 saturated carbocycles. The standard InChI is InChI=1S/C16H27N7O2/c1-3-20-7-9-21(10-8-20)15-13(23(24)25)14(17)18-16(19-15)22-6-4-5-12(2)11-22/h12H,3-11H2,1-2H3,(H2,17,18,19). The molecule has 138 valence electrons. The minimum absolute atomic E-state index is 0.0406. The van der Waals surface area contributed by atoms with Gasteiger partial charge in [0.2, 0.25) is 17.6 Å². The fourth-order valence-electron chi connectivity index (χ4n) is 3.63. The van der Waals surface area contributed by atoms with Crippen molar-refractivity contribution in [2.24, 2.45) is 5.92 Å². The van der Waals surface area contributed by atoms with Gasteiger partial charge in [-0.3, -0.25) is 10.1 Å². The summed E-state index contributed by atoms with van der Waals surface area (Å²) in [5.74, 6) is 1.40. The van der Waals surface area contributed by atoms with Gasteiger partial charge in [0.05, 0.1) is 4.92 Å². The topological polar surface area (TPSA) is 105 Å². The first-order valence-electron chi connectivity index (χ1n) is 9.03. The van der Waals surface area contributed by atoms with E-state index in [4.69, 9.17) is 5.73 Å². The molecule has 9 nitrogen and oxygen atoms in total. The average Bonchev–Trinajstić information content (AvgIpc) is 2.60. The Labute approximate surface area is 148 Å². The minimum atomic E-state index is -0.459. The summed E-state index contributed by atoms with van der Waals surface area (Å²) < 4.78 is 0. The Morgan fingerprint density at radius 2 is 1.92 bits per heavy atom. The second kappa shape index (κ2) is 7.38. The van der Waals surface area contributed by atoms with Crippen LogP contribution in [0.3, 0.4) is 0 Å². The predicted molar refractivity (Wildman–Crippen MR) is 98.0 cm³/mol. The summed E-state index contributed by atoms with van der Waals surface area (Å²) in [6, 6.07) is 0. The molecule has 1 aromatic heterocycles. The van der Waals surface area contributed by atoms with Crippen LogP contribution in [0.1, 0.15) is 26.7 Å². The average molecular weight is 349 g/mol. The van der Waals surface area contributed by atoms with Crippen molar-refractivity contribution in [3.8, 4) is 0 Å². The summed E-state index contributed by atoms with van der Waals surface area (Å²) in [7, 11) is 0. The Kier molecular flexibility index (Phi) is 5.22.